The third-order valence-corrected chi connectivity index (χ3v) is 13.9. The number of hydrogen-bond acceptors (Lipinski definition) is 7. The van der Waals surface area contributed by atoms with Crippen LogP contribution in [0.1, 0.15) is 64.7 Å². The Hall–Kier alpha value is -4.67. The van der Waals surface area contributed by atoms with Gasteiger partial charge >= 0.3 is 12.2 Å². The highest BCUT2D eigenvalue weighted by Gasteiger charge is 2.42. The summed E-state index contributed by atoms with van der Waals surface area (Å²) in [6, 6.07) is 32.6. The standard InChI is InChI=1S/C43H57N3O6Si/c1-42(2,3)51-41(48)46-37(28-31-17-12-10-13-18-31)38(52-53(8,9)43(4,5)6)29-35(44-40(47)50-30-33-19-14-11-15-20-33)27-32-23-25-34(26-24-32)36-21-16-22-39(45-36)49-7/h10-26,35,37-38H,27-30H2,1-9H3,(H,44,47)(H,46,48)/t35-,37-,38-/m0/s1. The molecule has 0 saturated carbocycles. The Kier molecular flexibility index (Phi) is 14.3. The zero-order valence-corrected chi connectivity index (χ0v) is 33.8. The molecule has 2 N–H and O–H groups in total. The first-order valence-electron chi connectivity index (χ1n) is 18.3. The van der Waals surface area contributed by atoms with Crippen LogP contribution in [0.3, 0.4) is 0 Å². The number of pyridine rings is 1. The fraction of sp³-hybridized carbons (Fsp3) is 0.419. The van der Waals surface area contributed by atoms with Crippen molar-refractivity contribution in [2.75, 3.05) is 7.11 Å². The normalized spacial score (nSPS) is 13.7. The van der Waals surface area contributed by atoms with E-state index in [4.69, 9.17) is 18.6 Å². The number of hydrogen-bond donors (Lipinski definition) is 2. The fourth-order valence-electron chi connectivity index (χ4n) is 5.64. The number of nitrogens with zero attached hydrogens (tertiary/aromatic N) is 1. The summed E-state index contributed by atoms with van der Waals surface area (Å²) >= 11 is 0. The molecule has 2 amide bonds. The van der Waals surface area contributed by atoms with Crippen molar-refractivity contribution < 1.29 is 28.2 Å². The van der Waals surface area contributed by atoms with Gasteiger partial charge in [-0.15, -0.1) is 0 Å². The van der Waals surface area contributed by atoms with Crippen LogP contribution in [-0.2, 0) is 33.3 Å². The zero-order valence-electron chi connectivity index (χ0n) is 32.8. The van der Waals surface area contributed by atoms with E-state index < -0.39 is 44.3 Å². The number of benzene rings is 3. The highest BCUT2D eigenvalue weighted by Crippen LogP contribution is 2.38. The third-order valence-electron chi connectivity index (χ3n) is 9.42. The molecule has 0 unspecified atom stereocenters. The van der Waals surface area contributed by atoms with E-state index in [1.165, 1.54) is 0 Å². The molecule has 0 spiro atoms. The summed E-state index contributed by atoms with van der Waals surface area (Å²) in [6.07, 6.45) is -0.124. The van der Waals surface area contributed by atoms with Gasteiger partial charge in [0, 0.05) is 17.7 Å². The number of alkyl carbamates (subject to hydrolysis) is 2. The molecule has 0 bridgehead atoms. The lowest BCUT2D eigenvalue weighted by molar-refractivity contribution is 0.0412. The Labute approximate surface area is 317 Å². The number of rotatable bonds is 15. The molecule has 0 aliphatic rings. The second kappa shape index (κ2) is 18.4. The van der Waals surface area contributed by atoms with Gasteiger partial charge in [-0.25, -0.2) is 14.6 Å². The minimum atomic E-state index is -2.41. The van der Waals surface area contributed by atoms with E-state index in [1.54, 1.807) is 7.11 Å². The minimum Gasteiger partial charge on any atom is -0.481 e. The van der Waals surface area contributed by atoms with Crippen LogP contribution in [0, 0.1) is 0 Å². The van der Waals surface area contributed by atoms with E-state index in [1.807, 2.05) is 124 Å². The molecule has 3 atom stereocenters. The van der Waals surface area contributed by atoms with Gasteiger partial charge in [-0.05, 0) is 80.9 Å². The van der Waals surface area contributed by atoms with Gasteiger partial charge in [0.15, 0.2) is 8.32 Å². The number of carbonyl (C=O) groups excluding carboxylic acids is 2. The monoisotopic (exact) mass is 739 g/mol. The van der Waals surface area contributed by atoms with Crippen molar-refractivity contribution in [1.82, 2.24) is 15.6 Å². The molecule has 0 aliphatic heterocycles. The molecule has 1 heterocycles. The first kappa shape index (κ1) is 41.1. The zero-order chi connectivity index (χ0) is 38.6. The average molecular weight is 740 g/mol. The number of ether oxygens (including phenoxy) is 3. The Morgan fingerprint density at radius 2 is 1.32 bits per heavy atom. The fourth-order valence-corrected chi connectivity index (χ4v) is 7.01. The molecular formula is C43H57N3O6Si. The van der Waals surface area contributed by atoms with Gasteiger partial charge in [0.25, 0.3) is 0 Å². The van der Waals surface area contributed by atoms with Crippen LogP contribution in [0.15, 0.2) is 103 Å². The van der Waals surface area contributed by atoms with Crippen molar-refractivity contribution in [3.63, 3.8) is 0 Å². The first-order valence-corrected chi connectivity index (χ1v) is 21.2. The summed E-state index contributed by atoms with van der Waals surface area (Å²) in [7, 11) is -0.810. The molecular weight excluding hydrogens is 683 g/mol. The van der Waals surface area contributed by atoms with Crippen molar-refractivity contribution in [3.05, 3.63) is 120 Å². The van der Waals surface area contributed by atoms with E-state index in [0.29, 0.717) is 25.1 Å². The van der Waals surface area contributed by atoms with Crippen LogP contribution in [-0.4, -0.2) is 56.4 Å². The van der Waals surface area contributed by atoms with E-state index in [-0.39, 0.29) is 11.6 Å². The second-order valence-corrected chi connectivity index (χ2v) is 20.7. The largest absolute Gasteiger partial charge is 0.481 e. The van der Waals surface area contributed by atoms with Crippen molar-refractivity contribution >= 4 is 20.5 Å². The molecule has 10 heteroatoms. The van der Waals surface area contributed by atoms with Gasteiger partial charge < -0.3 is 29.3 Å². The summed E-state index contributed by atoms with van der Waals surface area (Å²) < 4.78 is 24.0. The van der Waals surface area contributed by atoms with Crippen LogP contribution < -0.4 is 15.4 Å². The van der Waals surface area contributed by atoms with Gasteiger partial charge in [0.1, 0.15) is 12.2 Å². The van der Waals surface area contributed by atoms with Gasteiger partial charge in [-0.2, -0.15) is 0 Å². The van der Waals surface area contributed by atoms with E-state index >= 15 is 0 Å². The van der Waals surface area contributed by atoms with Gasteiger partial charge in [-0.1, -0.05) is 112 Å². The summed E-state index contributed by atoms with van der Waals surface area (Å²) in [5.41, 5.74) is 4.01. The SMILES string of the molecule is COc1cccc(-c2ccc(C[C@@H](C[C@H](O[Si](C)(C)C(C)(C)C)[C@H](Cc3ccccc3)NC(=O)OC(C)(C)C)NC(=O)OCc3ccccc3)cc2)n1. The second-order valence-electron chi connectivity index (χ2n) is 16.0. The first-order chi connectivity index (χ1) is 25.0. The quantitative estimate of drug-likeness (QED) is 0.117. The molecule has 0 fully saturated rings. The molecule has 4 aromatic rings. The lowest BCUT2D eigenvalue weighted by atomic mass is 9.93. The Morgan fingerprint density at radius 1 is 0.717 bits per heavy atom. The maximum Gasteiger partial charge on any atom is 0.407 e. The summed E-state index contributed by atoms with van der Waals surface area (Å²) in [5, 5.41) is 6.22. The van der Waals surface area contributed by atoms with Gasteiger partial charge in [0.2, 0.25) is 5.88 Å². The topological polar surface area (TPSA) is 108 Å². The molecule has 9 nitrogen and oxygen atoms in total. The third kappa shape index (κ3) is 13.4. The van der Waals surface area contributed by atoms with Crippen molar-refractivity contribution in [3.8, 4) is 17.1 Å². The number of carbonyl (C=O) groups is 2. The van der Waals surface area contributed by atoms with Crippen LogP contribution in [0.25, 0.3) is 11.3 Å². The molecule has 0 radical (unpaired) electrons. The average Bonchev–Trinajstić information content (AvgIpc) is 3.10. The lowest BCUT2D eigenvalue weighted by Crippen LogP contribution is -2.55. The smallest absolute Gasteiger partial charge is 0.407 e. The number of aromatic nitrogens is 1. The van der Waals surface area contributed by atoms with Crippen molar-refractivity contribution in [2.45, 2.75) is 109 Å². The molecule has 284 valence electrons. The Bertz CT molecular complexity index is 1740. The molecule has 0 aliphatic carbocycles. The van der Waals surface area contributed by atoms with E-state index in [2.05, 4.69) is 49.5 Å². The number of nitrogens with one attached hydrogen (secondary N) is 2. The summed E-state index contributed by atoms with van der Waals surface area (Å²) in [5.74, 6) is 0.544. The number of amides is 2. The Balaban J connectivity index is 1.69. The molecule has 53 heavy (non-hydrogen) atoms. The van der Waals surface area contributed by atoms with Crippen molar-refractivity contribution in [2.24, 2.45) is 0 Å². The predicted molar refractivity (Wildman–Crippen MR) is 213 cm³/mol. The van der Waals surface area contributed by atoms with Gasteiger partial charge in [-0.3, -0.25) is 0 Å². The van der Waals surface area contributed by atoms with Crippen LogP contribution in [0.4, 0.5) is 9.59 Å². The van der Waals surface area contributed by atoms with Gasteiger partial charge in [0.05, 0.1) is 24.9 Å². The maximum absolute atomic E-state index is 13.5. The van der Waals surface area contributed by atoms with E-state index in [0.717, 1.165) is 27.9 Å². The minimum absolute atomic E-state index is 0.115. The Morgan fingerprint density at radius 3 is 1.91 bits per heavy atom. The lowest BCUT2D eigenvalue weighted by Gasteiger charge is -2.42. The highest BCUT2D eigenvalue weighted by atomic mass is 28.4. The highest BCUT2D eigenvalue weighted by molar-refractivity contribution is 6.74. The van der Waals surface area contributed by atoms with Crippen molar-refractivity contribution in [1.29, 1.82) is 0 Å². The summed E-state index contributed by atoms with van der Waals surface area (Å²) in [6.45, 7) is 16.7. The summed E-state index contributed by atoms with van der Waals surface area (Å²) in [4.78, 5) is 31.4. The molecule has 1 aromatic heterocycles. The molecule has 0 saturated heterocycles. The maximum atomic E-state index is 13.5. The predicted octanol–water partition coefficient (Wildman–Crippen LogP) is 9.51. The van der Waals surface area contributed by atoms with Crippen LogP contribution >= 0.6 is 0 Å². The number of methoxy groups -OCH3 is 1. The molecule has 4 rings (SSSR count). The van der Waals surface area contributed by atoms with Crippen LogP contribution in [0.5, 0.6) is 5.88 Å². The van der Waals surface area contributed by atoms with E-state index in [9.17, 15) is 9.59 Å². The van der Waals surface area contributed by atoms with Crippen LogP contribution in [0.2, 0.25) is 18.1 Å². The molecule has 3 aromatic carbocycles.